The Bertz CT molecular complexity index is 914. The van der Waals surface area contributed by atoms with Crippen LogP contribution in [0.15, 0.2) is 73.1 Å². The van der Waals surface area contributed by atoms with Gasteiger partial charge in [-0.3, -0.25) is 9.78 Å². The van der Waals surface area contributed by atoms with Gasteiger partial charge in [-0.15, -0.1) is 0 Å². The Balaban J connectivity index is 1.81. The van der Waals surface area contributed by atoms with Crippen LogP contribution in [-0.4, -0.2) is 22.4 Å². The first-order chi connectivity index (χ1) is 14.0. The lowest BCUT2D eigenvalue weighted by atomic mass is 10.1. The number of alkyl halides is 2. The topological polar surface area (TPSA) is 42.4 Å². The summed E-state index contributed by atoms with van der Waals surface area (Å²) < 4.78 is 29.0. The van der Waals surface area contributed by atoms with Crippen molar-refractivity contribution >= 4 is 5.91 Å². The Kier molecular flexibility index (Phi) is 6.89. The standard InChI is InChI=1S/C23H22F2N2O2/c1-2-17-5-7-18(8-6-17)15-27(16-19-4-3-13-26-14-19)22(28)20-9-11-21(12-10-20)29-23(24)25/h3-14,23H,2,15-16H2,1H3. The quantitative estimate of drug-likeness (QED) is 0.533. The number of halogens is 2. The van der Waals surface area contributed by atoms with E-state index < -0.39 is 6.61 Å². The molecule has 0 saturated heterocycles. The molecule has 0 bridgehead atoms. The van der Waals surface area contributed by atoms with Crippen LogP contribution < -0.4 is 4.74 Å². The molecule has 0 spiro atoms. The van der Waals surface area contributed by atoms with Crippen LogP contribution in [-0.2, 0) is 19.5 Å². The van der Waals surface area contributed by atoms with Crippen molar-refractivity contribution in [3.8, 4) is 5.75 Å². The Morgan fingerprint density at radius 3 is 2.21 bits per heavy atom. The number of hydrogen-bond donors (Lipinski definition) is 0. The molecule has 0 radical (unpaired) electrons. The van der Waals surface area contributed by atoms with E-state index in [2.05, 4.69) is 28.8 Å². The third-order valence-corrected chi connectivity index (χ3v) is 4.51. The second kappa shape index (κ2) is 9.78. The van der Waals surface area contributed by atoms with E-state index in [1.807, 2.05) is 24.3 Å². The SMILES string of the molecule is CCc1ccc(CN(Cc2cccnc2)C(=O)c2ccc(OC(F)F)cc2)cc1. The lowest BCUT2D eigenvalue weighted by Crippen LogP contribution is -2.30. The summed E-state index contributed by atoms with van der Waals surface area (Å²) in [4.78, 5) is 18.9. The van der Waals surface area contributed by atoms with Gasteiger partial charge in [-0.1, -0.05) is 37.3 Å². The monoisotopic (exact) mass is 396 g/mol. The number of pyridine rings is 1. The van der Waals surface area contributed by atoms with Crippen molar-refractivity contribution in [2.75, 3.05) is 0 Å². The summed E-state index contributed by atoms with van der Waals surface area (Å²) in [6.45, 7) is 0.00353. The van der Waals surface area contributed by atoms with Gasteiger partial charge in [-0.05, 0) is 53.4 Å². The van der Waals surface area contributed by atoms with E-state index in [0.717, 1.165) is 17.5 Å². The Morgan fingerprint density at radius 1 is 0.966 bits per heavy atom. The number of aryl methyl sites for hydroxylation is 1. The molecule has 0 aliphatic heterocycles. The fourth-order valence-corrected chi connectivity index (χ4v) is 2.97. The average molecular weight is 396 g/mol. The fourth-order valence-electron chi connectivity index (χ4n) is 2.97. The highest BCUT2D eigenvalue weighted by atomic mass is 19.3. The molecule has 150 valence electrons. The van der Waals surface area contributed by atoms with Gasteiger partial charge >= 0.3 is 6.61 Å². The summed E-state index contributed by atoms with van der Waals surface area (Å²) in [5.74, 6) is -0.178. The zero-order valence-electron chi connectivity index (χ0n) is 16.1. The molecule has 1 aromatic heterocycles. The number of carbonyl (C=O) groups excluding carboxylic acids is 1. The molecule has 2 aromatic carbocycles. The van der Waals surface area contributed by atoms with Crippen molar-refractivity contribution in [2.24, 2.45) is 0 Å². The zero-order valence-corrected chi connectivity index (χ0v) is 16.1. The molecular formula is C23H22F2N2O2. The van der Waals surface area contributed by atoms with E-state index in [1.54, 1.807) is 17.3 Å². The largest absolute Gasteiger partial charge is 0.435 e. The van der Waals surface area contributed by atoms with Crippen molar-refractivity contribution in [3.05, 3.63) is 95.3 Å². The molecule has 0 saturated carbocycles. The van der Waals surface area contributed by atoms with Crippen LogP contribution in [0.25, 0.3) is 0 Å². The molecule has 0 fully saturated rings. The number of rotatable bonds is 8. The van der Waals surface area contributed by atoms with Crippen molar-refractivity contribution in [1.29, 1.82) is 0 Å². The average Bonchev–Trinajstić information content (AvgIpc) is 2.74. The molecule has 0 N–H and O–H groups in total. The van der Waals surface area contributed by atoms with E-state index in [4.69, 9.17) is 0 Å². The number of aromatic nitrogens is 1. The molecule has 3 aromatic rings. The number of ether oxygens (including phenoxy) is 1. The van der Waals surface area contributed by atoms with Gasteiger partial charge in [-0.2, -0.15) is 8.78 Å². The number of benzene rings is 2. The maximum atomic E-state index is 13.1. The van der Waals surface area contributed by atoms with Crippen molar-refractivity contribution in [1.82, 2.24) is 9.88 Å². The lowest BCUT2D eigenvalue weighted by Gasteiger charge is -2.23. The van der Waals surface area contributed by atoms with E-state index in [0.29, 0.717) is 18.7 Å². The van der Waals surface area contributed by atoms with Gasteiger partial charge in [0.1, 0.15) is 5.75 Å². The fraction of sp³-hybridized carbons (Fsp3) is 0.217. The first-order valence-electron chi connectivity index (χ1n) is 9.36. The van der Waals surface area contributed by atoms with Crippen molar-refractivity contribution in [3.63, 3.8) is 0 Å². The van der Waals surface area contributed by atoms with Gasteiger partial charge in [-0.25, -0.2) is 0 Å². The van der Waals surface area contributed by atoms with Crippen molar-refractivity contribution in [2.45, 2.75) is 33.0 Å². The molecule has 0 aliphatic rings. The van der Waals surface area contributed by atoms with E-state index in [-0.39, 0.29) is 11.7 Å². The predicted octanol–water partition coefficient (Wildman–Crippen LogP) is 5.09. The molecule has 3 rings (SSSR count). The van der Waals surface area contributed by atoms with Gasteiger partial charge in [0.2, 0.25) is 0 Å². The highest BCUT2D eigenvalue weighted by Gasteiger charge is 2.17. The van der Waals surface area contributed by atoms with Gasteiger partial charge in [0.15, 0.2) is 0 Å². The van der Waals surface area contributed by atoms with Crippen LogP contribution in [0.1, 0.15) is 34.0 Å². The second-order valence-corrected chi connectivity index (χ2v) is 6.60. The van der Waals surface area contributed by atoms with Gasteiger partial charge < -0.3 is 9.64 Å². The molecule has 1 amide bonds. The number of nitrogens with zero attached hydrogens (tertiary/aromatic N) is 2. The second-order valence-electron chi connectivity index (χ2n) is 6.60. The predicted molar refractivity (Wildman–Crippen MR) is 107 cm³/mol. The van der Waals surface area contributed by atoms with Gasteiger partial charge in [0.25, 0.3) is 5.91 Å². The maximum absolute atomic E-state index is 13.1. The third kappa shape index (κ3) is 5.85. The highest BCUT2D eigenvalue weighted by Crippen LogP contribution is 2.19. The highest BCUT2D eigenvalue weighted by molar-refractivity contribution is 5.94. The Labute approximate surface area is 168 Å². The Hall–Kier alpha value is -3.28. The van der Waals surface area contributed by atoms with Crippen molar-refractivity contribution < 1.29 is 18.3 Å². The first kappa shape index (κ1) is 20.5. The number of amides is 1. The minimum Gasteiger partial charge on any atom is -0.435 e. The van der Waals surface area contributed by atoms with Crippen LogP contribution in [0.4, 0.5) is 8.78 Å². The summed E-state index contributed by atoms with van der Waals surface area (Å²) in [7, 11) is 0. The summed E-state index contributed by atoms with van der Waals surface area (Å²) in [6, 6.07) is 17.6. The van der Waals surface area contributed by atoms with Crippen LogP contribution >= 0.6 is 0 Å². The number of carbonyl (C=O) groups is 1. The Morgan fingerprint density at radius 2 is 1.62 bits per heavy atom. The molecule has 29 heavy (non-hydrogen) atoms. The molecule has 0 atom stereocenters. The summed E-state index contributed by atoms with van der Waals surface area (Å²) in [5, 5.41) is 0. The molecule has 1 heterocycles. The smallest absolute Gasteiger partial charge is 0.387 e. The normalized spacial score (nSPS) is 10.8. The summed E-state index contributed by atoms with van der Waals surface area (Å²) in [5.41, 5.74) is 3.55. The summed E-state index contributed by atoms with van der Waals surface area (Å²) >= 11 is 0. The molecule has 6 heteroatoms. The lowest BCUT2D eigenvalue weighted by molar-refractivity contribution is -0.0498. The summed E-state index contributed by atoms with van der Waals surface area (Å²) in [6.07, 6.45) is 4.35. The molecule has 0 unspecified atom stereocenters. The van der Waals surface area contributed by atoms with Gasteiger partial charge in [0, 0.05) is 31.0 Å². The zero-order chi connectivity index (χ0) is 20.6. The van der Waals surface area contributed by atoms with Crippen LogP contribution in [0.5, 0.6) is 5.75 Å². The van der Waals surface area contributed by atoms with Gasteiger partial charge in [0.05, 0.1) is 0 Å². The van der Waals surface area contributed by atoms with Crippen LogP contribution in [0.2, 0.25) is 0 Å². The molecule has 0 aliphatic carbocycles. The maximum Gasteiger partial charge on any atom is 0.387 e. The minimum atomic E-state index is -2.90. The van der Waals surface area contributed by atoms with E-state index >= 15 is 0 Å². The van der Waals surface area contributed by atoms with E-state index in [9.17, 15) is 13.6 Å². The third-order valence-electron chi connectivity index (χ3n) is 4.51. The van der Waals surface area contributed by atoms with Crippen LogP contribution in [0.3, 0.4) is 0 Å². The van der Waals surface area contributed by atoms with E-state index in [1.165, 1.54) is 29.8 Å². The number of hydrogen-bond acceptors (Lipinski definition) is 3. The molecule has 4 nitrogen and oxygen atoms in total. The van der Waals surface area contributed by atoms with Crippen LogP contribution in [0, 0.1) is 0 Å². The first-order valence-corrected chi connectivity index (χ1v) is 9.36. The minimum absolute atomic E-state index is 0.0190. The molecular weight excluding hydrogens is 374 g/mol.